The summed E-state index contributed by atoms with van der Waals surface area (Å²) in [7, 11) is 1.51. The fraction of sp³-hybridized carbons (Fsp3) is 0.0769. The zero-order valence-electron chi connectivity index (χ0n) is 19.0. The van der Waals surface area contributed by atoms with E-state index >= 15 is 0 Å². The molecule has 2 aliphatic heterocycles. The number of likely N-dealkylation sites (N-methyl/N-ethyl adjacent to an activating group) is 1. The van der Waals surface area contributed by atoms with Crippen molar-refractivity contribution in [1.29, 1.82) is 0 Å². The van der Waals surface area contributed by atoms with E-state index in [-0.39, 0.29) is 17.3 Å². The third-order valence-corrected chi connectivity index (χ3v) is 5.99. The van der Waals surface area contributed by atoms with Crippen LogP contribution in [0.1, 0.15) is 22.6 Å². The van der Waals surface area contributed by atoms with Gasteiger partial charge in [0.25, 0.3) is 11.6 Å². The highest BCUT2D eigenvalue weighted by Gasteiger charge is 2.36. The van der Waals surface area contributed by atoms with Crippen molar-refractivity contribution in [2.24, 2.45) is 4.99 Å². The number of nitro groups is 1. The highest BCUT2D eigenvalue weighted by molar-refractivity contribution is 6.24. The lowest BCUT2D eigenvalue weighted by Crippen LogP contribution is -2.24. The molecule has 10 nitrogen and oxygen atoms in total. The molecular weight excluding hydrogens is 462 g/mol. The summed E-state index contributed by atoms with van der Waals surface area (Å²) < 4.78 is 0. The van der Waals surface area contributed by atoms with E-state index in [1.165, 1.54) is 30.1 Å². The topological polar surface area (TPSA) is 134 Å². The highest BCUT2D eigenvalue weighted by Crippen LogP contribution is 2.38. The van der Waals surface area contributed by atoms with Crippen LogP contribution in [-0.2, 0) is 9.59 Å². The number of nitro benzene ring substituents is 1. The van der Waals surface area contributed by atoms with Crippen LogP contribution < -0.4 is 10.6 Å². The molecule has 1 fully saturated rings. The standard InChI is InChI=1S/C26H19N5O5/c1-30-21(24(32)29-26(30)34)13-15-7-9-17(10-8-15)27-23(16-5-3-2-4-6-16)22-19-14-18(31(35)36)11-12-20(19)28-25(22)33/h2-14,22H,1H3,(H,28,33)(H,29,32,34). The number of carbonyl (C=O) groups excluding carboxylic acids is 3. The Morgan fingerprint density at radius 2 is 1.72 bits per heavy atom. The van der Waals surface area contributed by atoms with E-state index in [9.17, 15) is 24.5 Å². The molecule has 1 saturated heterocycles. The average Bonchev–Trinajstić information content (AvgIpc) is 3.32. The number of anilines is 1. The van der Waals surface area contributed by atoms with Crippen molar-refractivity contribution in [3.8, 4) is 0 Å². The van der Waals surface area contributed by atoms with Crippen LogP contribution >= 0.6 is 0 Å². The maximum Gasteiger partial charge on any atom is 0.328 e. The van der Waals surface area contributed by atoms with Crippen LogP contribution in [0.2, 0.25) is 0 Å². The molecule has 2 N–H and O–H groups in total. The minimum atomic E-state index is -0.842. The number of non-ortho nitro benzene ring substituents is 1. The second-order valence-corrected chi connectivity index (χ2v) is 8.25. The Morgan fingerprint density at radius 3 is 2.36 bits per heavy atom. The van der Waals surface area contributed by atoms with Gasteiger partial charge in [0.15, 0.2) is 0 Å². The molecule has 0 spiro atoms. The minimum absolute atomic E-state index is 0.112. The molecule has 3 aromatic rings. The van der Waals surface area contributed by atoms with Crippen LogP contribution in [-0.4, -0.2) is 40.4 Å². The third-order valence-electron chi connectivity index (χ3n) is 5.99. The number of rotatable bonds is 5. The number of benzene rings is 3. The summed E-state index contributed by atoms with van der Waals surface area (Å²) in [5.74, 6) is -1.64. The molecule has 0 radical (unpaired) electrons. The second kappa shape index (κ2) is 8.91. The second-order valence-electron chi connectivity index (χ2n) is 8.25. The van der Waals surface area contributed by atoms with Crippen molar-refractivity contribution >= 4 is 46.7 Å². The Labute approximate surface area is 205 Å². The van der Waals surface area contributed by atoms with Crippen LogP contribution in [0.15, 0.2) is 83.5 Å². The SMILES string of the molecule is CN1C(=O)NC(=O)C1=Cc1ccc(N=C(c2ccccc2)C2C(=O)Nc3ccc([N+](=O)[O-])cc32)cc1. The summed E-state index contributed by atoms with van der Waals surface area (Å²) in [5, 5.41) is 16.4. The van der Waals surface area contributed by atoms with E-state index in [0.717, 1.165) is 0 Å². The van der Waals surface area contributed by atoms with Crippen molar-refractivity contribution < 1.29 is 19.3 Å². The van der Waals surface area contributed by atoms with Crippen LogP contribution in [0.3, 0.4) is 0 Å². The summed E-state index contributed by atoms with van der Waals surface area (Å²) in [5.41, 5.74) is 3.48. The molecule has 2 aliphatic rings. The molecule has 0 bridgehead atoms. The van der Waals surface area contributed by atoms with Gasteiger partial charge in [0.05, 0.1) is 16.3 Å². The summed E-state index contributed by atoms with van der Waals surface area (Å²) in [4.78, 5) is 53.5. The van der Waals surface area contributed by atoms with Crippen LogP contribution in [0.5, 0.6) is 0 Å². The highest BCUT2D eigenvalue weighted by atomic mass is 16.6. The van der Waals surface area contributed by atoms with Crippen molar-refractivity contribution in [1.82, 2.24) is 10.2 Å². The number of hydrogen-bond acceptors (Lipinski definition) is 6. The van der Waals surface area contributed by atoms with Gasteiger partial charge in [-0.3, -0.25) is 34.9 Å². The van der Waals surface area contributed by atoms with Crippen LogP contribution in [0.25, 0.3) is 6.08 Å². The number of imide groups is 1. The van der Waals surface area contributed by atoms with Crippen molar-refractivity contribution in [2.45, 2.75) is 5.92 Å². The van der Waals surface area contributed by atoms with Gasteiger partial charge in [-0.25, -0.2) is 4.79 Å². The van der Waals surface area contributed by atoms with Gasteiger partial charge >= 0.3 is 6.03 Å². The fourth-order valence-electron chi connectivity index (χ4n) is 4.15. The Bertz CT molecular complexity index is 1480. The molecule has 2 heterocycles. The molecule has 0 aliphatic carbocycles. The van der Waals surface area contributed by atoms with Gasteiger partial charge in [-0.1, -0.05) is 42.5 Å². The molecule has 5 rings (SSSR count). The number of fused-ring (bicyclic) bond motifs is 1. The van der Waals surface area contributed by atoms with Gasteiger partial charge in [-0.2, -0.15) is 0 Å². The first-order chi connectivity index (χ1) is 17.3. The number of hydrogen-bond donors (Lipinski definition) is 2. The number of aliphatic imine (C=N–C) groups is 1. The third kappa shape index (κ3) is 4.11. The number of amides is 4. The lowest BCUT2D eigenvalue weighted by Gasteiger charge is -2.14. The monoisotopic (exact) mass is 481 g/mol. The van der Waals surface area contributed by atoms with Gasteiger partial charge < -0.3 is 5.32 Å². The molecule has 4 amide bonds. The van der Waals surface area contributed by atoms with Crippen molar-refractivity contribution in [2.75, 3.05) is 12.4 Å². The summed E-state index contributed by atoms with van der Waals surface area (Å²) >= 11 is 0. The minimum Gasteiger partial charge on any atom is -0.325 e. The normalized spacial score (nSPS) is 18.3. The summed E-state index contributed by atoms with van der Waals surface area (Å²) in [6.45, 7) is 0. The van der Waals surface area contributed by atoms with Gasteiger partial charge in [0.1, 0.15) is 11.6 Å². The van der Waals surface area contributed by atoms with Gasteiger partial charge in [0, 0.05) is 30.4 Å². The Balaban J connectivity index is 1.55. The Kier molecular flexibility index (Phi) is 5.61. The van der Waals surface area contributed by atoms with E-state index in [1.807, 2.05) is 30.3 Å². The van der Waals surface area contributed by atoms with E-state index in [0.29, 0.717) is 33.8 Å². The summed E-state index contributed by atoms with van der Waals surface area (Å²) in [6.07, 6.45) is 1.59. The fourth-order valence-corrected chi connectivity index (χ4v) is 4.15. The van der Waals surface area contributed by atoms with Crippen LogP contribution in [0.4, 0.5) is 21.9 Å². The molecule has 1 unspecified atom stereocenters. The predicted molar refractivity (Wildman–Crippen MR) is 133 cm³/mol. The first kappa shape index (κ1) is 22.7. The van der Waals surface area contributed by atoms with Gasteiger partial charge in [-0.15, -0.1) is 0 Å². The Hall–Kier alpha value is -5.12. The quantitative estimate of drug-likeness (QED) is 0.187. The van der Waals surface area contributed by atoms with E-state index in [1.54, 1.807) is 30.3 Å². The molecule has 0 saturated carbocycles. The molecule has 10 heteroatoms. The number of nitrogens with one attached hydrogen (secondary N) is 2. The van der Waals surface area contributed by atoms with Crippen molar-refractivity contribution in [3.05, 3.63) is 105 Å². The number of nitrogens with zero attached hydrogens (tertiary/aromatic N) is 3. The number of urea groups is 1. The molecule has 3 aromatic carbocycles. The Morgan fingerprint density at radius 1 is 1.00 bits per heavy atom. The molecule has 0 aromatic heterocycles. The number of carbonyl (C=O) groups is 3. The lowest BCUT2D eigenvalue weighted by molar-refractivity contribution is -0.384. The van der Waals surface area contributed by atoms with Gasteiger partial charge in [0.2, 0.25) is 5.91 Å². The molecule has 178 valence electrons. The largest absolute Gasteiger partial charge is 0.328 e. The molecule has 36 heavy (non-hydrogen) atoms. The first-order valence-corrected chi connectivity index (χ1v) is 11.0. The van der Waals surface area contributed by atoms with Gasteiger partial charge in [-0.05, 0) is 35.4 Å². The molecule has 1 atom stereocenters. The molecular formula is C26H19N5O5. The smallest absolute Gasteiger partial charge is 0.325 e. The van der Waals surface area contributed by atoms with Crippen LogP contribution in [0, 0.1) is 10.1 Å². The summed E-state index contributed by atoms with van der Waals surface area (Å²) in [6, 6.07) is 19.9. The zero-order valence-corrected chi connectivity index (χ0v) is 19.0. The first-order valence-electron chi connectivity index (χ1n) is 11.0. The van der Waals surface area contributed by atoms with E-state index < -0.39 is 22.8 Å². The lowest BCUT2D eigenvalue weighted by atomic mass is 9.90. The van der Waals surface area contributed by atoms with Crippen molar-refractivity contribution in [3.63, 3.8) is 0 Å². The maximum atomic E-state index is 13.0. The van der Waals surface area contributed by atoms with E-state index in [4.69, 9.17) is 4.99 Å². The maximum absolute atomic E-state index is 13.0. The predicted octanol–water partition coefficient (Wildman–Crippen LogP) is 3.97. The van der Waals surface area contributed by atoms with E-state index in [2.05, 4.69) is 10.6 Å². The average molecular weight is 481 g/mol. The zero-order chi connectivity index (χ0) is 25.4.